The van der Waals surface area contributed by atoms with Crippen molar-refractivity contribution < 1.29 is 9.31 Å². The van der Waals surface area contributed by atoms with Crippen LogP contribution >= 0.6 is 0 Å². The normalized spacial score (nSPS) is 10.7. The fourth-order valence-electron chi connectivity index (χ4n) is 1.69. The third kappa shape index (κ3) is 3.15. The van der Waals surface area contributed by atoms with E-state index in [0.29, 0.717) is 12.2 Å². The summed E-state index contributed by atoms with van der Waals surface area (Å²) in [5.41, 5.74) is 0.554. The lowest BCUT2D eigenvalue weighted by Gasteiger charge is -2.00. The molecule has 0 saturated carbocycles. The van der Waals surface area contributed by atoms with E-state index in [0.717, 1.165) is 30.8 Å². The van der Waals surface area contributed by atoms with Crippen molar-refractivity contribution in [1.29, 1.82) is 0 Å². The molecule has 106 valence electrons. The van der Waals surface area contributed by atoms with Crippen molar-refractivity contribution in [2.45, 2.75) is 19.9 Å². The van der Waals surface area contributed by atoms with E-state index >= 15 is 0 Å². The second-order valence-corrected chi connectivity index (χ2v) is 4.22. The maximum Gasteiger partial charge on any atom is 0.304 e. The van der Waals surface area contributed by atoms with Gasteiger partial charge in [-0.2, -0.15) is 4.39 Å². The number of nitrogens with one attached hydrogen (secondary N) is 1. The summed E-state index contributed by atoms with van der Waals surface area (Å²) >= 11 is 0. The Balaban J connectivity index is 2.15. The van der Waals surface area contributed by atoms with E-state index in [1.807, 2.05) is 0 Å². The van der Waals surface area contributed by atoms with Gasteiger partial charge in [-0.15, -0.1) is 5.10 Å². The van der Waals surface area contributed by atoms with Crippen molar-refractivity contribution in [2.24, 2.45) is 0 Å². The Labute approximate surface area is 114 Å². The molecule has 2 rings (SSSR count). The molecule has 0 spiro atoms. The Morgan fingerprint density at radius 2 is 2.30 bits per heavy atom. The van der Waals surface area contributed by atoms with Crippen LogP contribution in [0.1, 0.15) is 19.0 Å². The summed E-state index contributed by atoms with van der Waals surface area (Å²) in [6, 6.07) is 3.61. The maximum atomic E-state index is 13.5. The minimum atomic E-state index is -0.895. The SMILES string of the molecule is CCCNCc1cn(-c2ccc([N+](=O)[O-])c(F)c2)nn1. The van der Waals surface area contributed by atoms with Gasteiger partial charge in [0.25, 0.3) is 0 Å². The second kappa shape index (κ2) is 6.20. The Morgan fingerprint density at radius 3 is 2.95 bits per heavy atom. The van der Waals surface area contributed by atoms with E-state index in [2.05, 4.69) is 22.6 Å². The molecule has 8 heteroatoms. The minimum Gasteiger partial charge on any atom is -0.311 e. The quantitative estimate of drug-likeness (QED) is 0.495. The molecule has 0 unspecified atom stereocenters. The van der Waals surface area contributed by atoms with E-state index in [1.165, 1.54) is 10.7 Å². The van der Waals surface area contributed by atoms with Gasteiger partial charge < -0.3 is 5.32 Å². The van der Waals surface area contributed by atoms with Crippen molar-refractivity contribution in [1.82, 2.24) is 20.3 Å². The molecule has 1 heterocycles. The lowest BCUT2D eigenvalue weighted by Crippen LogP contribution is -2.13. The van der Waals surface area contributed by atoms with Crippen LogP contribution in [-0.4, -0.2) is 26.5 Å². The van der Waals surface area contributed by atoms with E-state index in [4.69, 9.17) is 0 Å². The van der Waals surface area contributed by atoms with E-state index < -0.39 is 16.4 Å². The summed E-state index contributed by atoms with van der Waals surface area (Å²) in [4.78, 5) is 9.78. The van der Waals surface area contributed by atoms with Gasteiger partial charge in [-0.1, -0.05) is 12.1 Å². The van der Waals surface area contributed by atoms with Gasteiger partial charge >= 0.3 is 5.69 Å². The second-order valence-electron chi connectivity index (χ2n) is 4.22. The summed E-state index contributed by atoms with van der Waals surface area (Å²) in [6.07, 6.45) is 2.67. The molecular weight excluding hydrogens is 265 g/mol. The van der Waals surface area contributed by atoms with Gasteiger partial charge in [-0.05, 0) is 19.0 Å². The predicted octanol–water partition coefficient (Wildman–Crippen LogP) is 1.81. The molecule has 0 saturated heterocycles. The summed E-state index contributed by atoms with van der Waals surface area (Å²) in [5.74, 6) is -0.895. The van der Waals surface area contributed by atoms with Crippen molar-refractivity contribution in [3.8, 4) is 5.69 Å². The van der Waals surface area contributed by atoms with Crippen LogP contribution in [0.5, 0.6) is 0 Å². The van der Waals surface area contributed by atoms with Gasteiger partial charge in [0.1, 0.15) is 0 Å². The highest BCUT2D eigenvalue weighted by Crippen LogP contribution is 2.19. The zero-order valence-electron chi connectivity index (χ0n) is 10.9. The lowest BCUT2D eigenvalue weighted by molar-refractivity contribution is -0.387. The Morgan fingerprint density at radius 1 is 1.50 bits per heavy atom. The molecule has 20 heavy (non-hydrogen) atoms. The molecule has 2 aromatic rings. The number of nitro benzene ring substituents is 1. The first kappa shape index (κ1) is 14.1. The Kier molecular flexibility index (Phi) is 4.36. The minimum absolute atomic E-state index is 0.391. The fourth-order valence-corrected chi connectivity index (χ4v) is 1.69. The average Bonchev–Trinajstić information content (AvgIpc) is 2.87. The number of hydrogen-bond donors (Lipinski definition) is 1. The van der Waals surface area contributed by atoms with Gasteiger partial charge in [0, 0.05) is 18.7 Å². The van der Waals surface area contributed by atoms with Gasteiger partial charge in [-0.25, -0.2) is 4.68 Å². The predicted molar refractivity (Wildman–Crippen MR) is 70.0 cm³/mol. The van der Waals surface area contributed by atoms with Crippen LogP contribution in [0, 0.1) is 15.9 Å². The lowest BCUT2D eigenvalue weighted by atomic mass is 10.2. The summed E-state index contributed by atoms with van der Waals surface area (Å²) in [6.45, 7) is 3.51. The Bertz CT molecular complexity index is 614. The molecule has 0 aliphatic carbocycles. The molecular formula is C12H14FN5O2. The molecule has 0 amide bonds. The first-order valence-corrected chi connectivity index (χ1v) is 6.18. The van der Waals surface area contributed by atoms with Crippen LogP contribution in [0.3, 0.4) is 0 Å². The van der Waals surface area contributed by atoms with Crippen LogP contribution in [0.4, 0.5) is 10.1 Å². The zero-order valence-corrected chi connectivity index (χ0v) is 10.9. The number of benzene rings is 1. The third-order valence-corrected chi connectivity index (χ3v) is 2.67. The maximum absolute atomic E-state index is 13.5. The average molecular weight is 279 g/mol. The van der Waals surface area contributed by atoms with Crippen LogP contribution in [0.15, 0.2) is 24.4 Å². The van der Waals surface area contributed by atoms with Gasteiger partial charge in [0.15, 0.2) is 0 Å². The zero-order chi connectivity index (χ0) is 14.5. The number of nitrogens with zero attached hydrogens (tertiary/aromatic N) is 4. The van der Waals surface area contributed by atoms with Gasteiger partial charge in [0.2, 0.25) is 5.82 Å². The van der Waals surface area contributed by atoms with Crippen molar-refractivity contribution >= 4 is 5.69 Å². The van der Waals surface area contributed by atoms with Crippen molar-refractivity contribution in [2.75, 3.05) is 6.54 Å². The first-order valence-electron chi connectivity index (χ1n) is 6.18. The summed E-state index contributed by atoms with van der Waals surface area (Å²) in [5, 5.41) is 21.5. The molecule has 1 aromatic heterocycles. The molecule has 0 radical (unpaired) electrons. The van der Waals surface area contributed by atoms with Crippen molar-refractivity contribution in [3.63, 3.8) is 0 Å². The van der Waals surface area contributed by atoms with Crippen LogP contribution in [0.25, 0.3) is 5.69 Å². The Hall–Kier alpha value is -2.35. The molecule has 7 nitrogen and oxygen atoms in total. The van der Waals surface area contributed by atoms with E-state index in [-0.39, 0.29) is 0 Å². The number of rotatable bonds is 6. The third-order valence-electron chi connectivity index (χ3n) is 2.67. The molecule has 0 bridgehead atoms. The smallest absolute Gasteiger partial charge is 0.304 e. The molecule has 1 N–H and O–H groups in total. The highest BCUT2D eigenvalue weighted by molar-refractivity contribution is 5.41. The summed E-state index contributed by atoms with van der Waals surface area (Å²) < 4.78 is 14.9. The van der Waals surface area contributed by atoms with E-state index in [1.54, 1.807) is 6.20 Å². The fraction of sp³-hybridized carbons (Fsp3) is 0.333. The van der Waals surface area contributed by atoms with Crippen LogP contribution < -0.4 is 5.32 Å². The highest BCUT2D eigenvalue weighted by atomic mass is 19.1. The number of aromatic nitrogens is 3. The molecule has 1 aromatic carbocycles. The first-order chi connectivity index (χ1) is 9.61. The summed E-state index contributed by atoms with van der Waals surface area (Å²) in [7, 11) is 0. The highest BCUT2D eigenvalue weighted by Gasteiger charge is 2.14. The molecule has 0 aliphatic rings. The van der Waals surface area contributed by atoms with Gasteiger partial charge in [-0.3, -0.25) is 10.1 Å². The monoisotopic (exact) mass is 279 g/mol. The molecule has 0 aliphatic heterocycles. The molecule has 0 atom stereocenters. The standard InChI is InChI=1S/C12H14FN5O2/c1-2-5-14-7-9-8-17(16-15-9)10-3-4-12(18(19)20)11(13)6-10/h3-4,6,8,14H,2,5,7H2,1H3. The largest absolute Gasteiger partial charge is 0.311 e. The van der Waals surface area contributed by atoms with E-state index in [9.17, 15) is 14.5 Å². The molecule has 0 fully saturated rings. The number of halogens is 1. The topological polar surface area (TPSA) is 85.9 Å². The van der Waals surface area contributed by atoms with Crippen LogP contribution in [0.2, 0.25) is 0 Å². The van der Waals surface area contributed by atoms with Crippen LogP contribution in [-0.2, 0) is 6.54 Å². The number of nitro groups is 1. The number of hydrogen-bond acceptors (Lipinski definition) is 5. The van der Waals surface area contributed by atoms with Crippen molar-refractivity contribution in [3.05, 3.63) is 46.0 Å². The van der Waals surface area contributed by atoms with Gasteiger partial charge in [0.05, 0.1) is 22.5 Å².